The van der Waals surface area contributed by atoms with E-state index in [1.54, 1.807) is 38.1 Å². The molecule has 0 amide bonds. The molecule has 1 aliphatic rings. The maximum absolute atomic E-state index is 12.8. The summed E-state index contributed by atoms with van der Waals surface area (Å²) in [7, 11) is 1.29. The smallest absolute Gasteiger partial charge is 0.340 e. The highest BCUT2D eigenvalue weighted by molar-refractivity contribution is 6.31. The summed E-state index contributed by atoms with van der Waals surface area (Å²) in [6, 6.07) is 7.01. The highest BCUT2D eigenvalue weighted by atomic mass is 35.5. The quantitative estimate of drug-likeness (QED) is 0.678. The van der Waals surface area contributed by atoms with Gasteiger partial charge in [0, 0.05) is 10.7 Å². The molecule has 1 aliphatic heterocycles. The second-order valence-corrected chi connectivity index (χ2v) is 6.18. The minimum atomic E-state index is -0.786. The molecule has 1 atom stereocenters. The summed E-state index contributed by atoms with van der Waals surface area (Å²) in [4.78, 5) is 25.3. The van der Waals surface area contributed by atoms with Crippen molar-refractivity contribution in [3.8, 4) is 0 Å². The molecule has 1 aromatic carbocycles. The van der Waals surface area contributed by atoms with E-state index in [-0.39, 0.29) is 23.6 Å². The van der Waals surface area contributed by atoms with Crippen LogP contribution < -0.4 is 11.1 Å². The molecule has 0 spiro atoms. The Hall–Kier alpha value is -2.51. The number of carbonyl (C=O) groups excluding carboxylic acids is 2. The monoisotopic (exact) mass is 395 g/mol. The van der Waals surface area contributed by atoms with Crippen LogP contribution in [0.15, 0.2) is 47.0 Å². The van der Waals surface area contributed by atoms with Crippen molar-refractivity contribution in [3.63, 3.8) is 0 Å². The first-order valence-electron chi connectivity index (χ1n) is 8.60. The van der Waals surface area contributed by atoms with Crippen molar-refractivity contribution in [1.82, 2.24) is 5.32 Å². The minimum Gasteiger partial charge on any atom is -0.473 e. The molecule has 1 aromatic rings. The van der Waals surface area contributed by atoms with E-state index in [0.29, 0.717) is 29.4 Å². The number of hydrogen-bond acceptors (Lipinski definition) is 6. The van der Waals surface area contributed by atoms with Crippen LogP contribution in [0.5, 0.6) is 0 Å². The van der Waals surface area contributed by atoms with Gasteiger partial charge in [-0.3, -0.25) is 0 Å². The lowest BCUT2D eigenvalue weighted by Gasteiger charge is -2.31. The van der Waals surface area contributed by atoms with Gasteiger partial charge in [0.1, 0.15) is 18.7 Å². The molecule has 8 heteroatoms. The second-order valence-electron chi connectivity index (χ2n) is 5.78. The topological polar surface area (TPSA) is 102 Å². The molecule has 0 aromatic heterocycles. The van der Waals surface area contributed by atoms with Gasteiger partial charge in [-0.1, -0.05) is 29.8 Å². The number of nitrogens with one attached hydrogen (secondary N) is 1. The summed E-state index contributed by atoms with van der Waals surface area (Å²) in [5.41, 5.74) is 5.28. The predicted octanol–water partition coefficient (Wildman–Crippen LogP) is 1.51. The van der Waals surface area contributed by atoms with E-state index in [0.717, 1.165) is 0 Å². The number of carbonyl (C=O) groups is 2. The van der Waals surface area contributed by atoms with Gasteiger partial charge < -0.3 is 25.3 Å². The predicted molar refractivity (Wildman–Crippen MR) is 99.4 cm³/mol. The number of hydrogen-bond donors (Lipinski definition) is 2. The van der Waals surface area contributed by atoms with Gasteiger partial charge in [-0.05, 0) is 25.5 Å². The van der Waals surface area contributed by atoms with E-state index >= 15 is 0 Å². The van der Waals surface area contributed by atoms with Crippen LogP contribution in [0.3, 0.4) is 0 Å². The van der Waals surface area contributed by atoms with Crippen molar-refractivity contribution < 1.29 is 29.5 Å². The molecular weight excluding hydrogens is 372 g/mol. The molecule has 1 heterocycles. The van der Waals surface area contributed by atoms with Crippen LogP contribution in [-0.4, -0.2) is 38.8 Å². The maximum Gasteiger partial charge on any atom is 0.340 e. The van der Waals surface area contributed by atoms with E-state index in [1.165, 1.54) is 7.11 Å². The Kier molecular flexibility index (Phi) is 7.27. The van der Waals surface area contributed by atoms with Crippen LogP contribution in [0.2, 0.25) is 5.02 Å². The standard InChI is InChI=1S/C19H23ClN2O5/c1-4-26-19(24)16-15(12-7-5-6-8-13(12)20)14(18(23)25-3)11(2)22-17(16)27-10-9-21/h5-8,15,22H,4,9-10,21H2,1-3H3/p+1. The van der Waals surface area contributed by atoms with E-state index in [2.05, 4.69) is 11.1 Å². The molecule has 0 saturated heterocycles. The first kappa shape index (κ1) is 20.8. The summed E-state index contributed by atoms with van der Waals surface area (Å²) >= 11 is 6.40. The molecule has 7 nitrogen and oxygen atoms in total. The molecule has 0 saturated carbocycles. The second kappa shape index (κ2) is 9.43. The highest BCUT2D eigenvalue weighted by Gasteiger charge is 2.40. The van der Waals surface area contributed by atoms with Crippen LogP contribution in [-0.2, 0) is 23.8 Å². The Morgan fingerprint density at radius 3 is 2.52 bits per heavy atom. The first-order chi connectivity index (χ1) is 13.0. The maximum atomic E-state index is 12.8. The van der Waals surface area contributed by atoms with Gasteiger partial charge in [-0.2, -0.15) is 0 Å². The molecule has 0 fully saturated rings. The molecule has 146 valence electrons. The molecule has 2 rings (SSSR count). The molecule has 0 radical (unpaired) electrons. The third-order valence-corrected chi connectivity index (χ3v) is 4.38. The average Bonchev–Trinajstić information content (AvgIpc) is 2.65. The van der Waals surface area contributed by atoms with Gasteiger partial charge in [0.25, 0.3) is 0 Å². The zero-order valence-corrected chi connectivity index (χ0v) is 16.4. The summed E-state index contributed by atoms with van der Waals surface area (Å²) in [5.74, 6) is -1.72. The molecule has 4 N–H and O–H groups in total. The third kappa shape index (κ3) is 4.43. The SMILES string of the molecule is CCOC(=O)C1=C(OCC[NH3+])NC(C)=C(C(=O)OC)C1c1ccccc1Cl. The molecular formula is C19H24ClN2O5+. The number of esters is 2. The number of quaternary nitrogens is 1. The van der Waals surface area contributed by atoms with E-state index in [4.69, 9.17) is 25.8 Å². The number of methoxy groups -OCH3 is 1. The van der Waals surface area contributed by atoms with Gasteiger partial charge in [-0.15, -0.1) is 0 Å². The summed E-state index contributed by atoms with van der Waals surface area (Å²) in [6.07, 6.45) is 0. The summed E-state index contributed by atoms with van der Waals surface area (Å²) in [6.45, 7) is 4.39. The van der Waals surface area contributed by atoms with E-state index < -0.39 is 17.9 Å². The number of rotatable bonds is 7. The van der Waals surface area contributed by atoms with Crippen molar-refractivity contribution in [2.45, 2.75) is 19.8 Å². The number of halogens is 1. The van der Waals surface area contributed by atoms with Crippen molar-refractivity contribution in [2.24, 2.45) is 0 Å². The van der Waals surface area contributed by atoms with E-state index in [1.807, 2.05) is 0 Å². The fraction of sp³-hybridized carbons (Fsp3) is 0.368. The Bertz CT molecular complexity index is 788. The van der Waals surface area contributed by atoms with Gasteiger partial charge in [0.15, 0.2) is 0 Å². The molecule has 27 heavy (non-hydrogen) atoms. The van der Waals surface area contributed by atoms with Gasteiger partial charge in [-0.25, -0.2) is 9.59 Å². The van der Waals surface area contributed by atoms with Crippen LogP contribution in [0.1, 0.15) is 25.3 Å². The van der Waals surface area contributed by atoms with Gasteiger partial charge in [0.05, 0.1) is 25.2 Å². The Morgan fingerprint density at radius 1 is 1.22 bits per heavy atom. The highest BCUT2D eigenvalue weighted by Crippen LogP contribution is 2.41. The van der Waals surface area contributed by atoms with Crippen LogP contribution in [0, 0.1) is 0 Å². The van der Waals surface area contributed by atoms with Crippen molar-refractivity contribution in [2.75, 3.05) is 26.9 Å². The minimum absolute atomic E-state index is 0.171. The Labute approximate surface area is 163 Å². The fourth-order valence-corrected chi connectivity index (χ4v) is 3.15. The number of benzene rings is 1. The largest absolute Gasteiger partial charge is 0.473 e. The van der Waals surface area contributed by atoms with Gasteiger partial charge >= 0.3 is 11.9 Å². The Balaban J connectivity index is 2.72. The van der Waals surface area contributed by atoms with Crippen molar-refractivity contribution >= 4 is 23.5 Å². The lowest BCUT2D eigenvalue weighted by atomic mass is 9.81. The lowest BCUT2D eigenvalue weighted by Crippen LogP contribution is -2.52. The summed E-state index contributed by atoms with van der Waals surface area (Å²) < 4.78 is 15.9. The molecule has 0 aliphatic carbocycles. The zero-order valence-electron chi connectivity index (χ0n) is 15.6. The number of dihydropyridines is 1. The normalized spacial score (nSPS) is 16.7. The molecule has 0 bridgehead atoms. The fourth-order valence-electron chi connectivity index (χ4n) is 2.91. The Morgan fingerprint density at radius 2 is 1.93 bits per heavy atom. The van der Waals surface area contributed by atoms with Crippen LogP contribution in [0.4, 0.5) is 0 Å². The van der Waals surface area contributed by atoms with Crippen molar-refractivity contribution in [3.05, 3.63) is 57.6 Å². The lowest BCUT2D eigenvalue weighted by molar-refractivity contribution is -0.373. The zero-order chi connectivity index (χ0) is 20.0. The summed E-state index contributed by atoms with van der Waals surface area (Å²) in [5, 5.41) is 3.40. The number of allylic oxidation sites excluding steroid dienone is 1. The first-order valence-corrected chi connectivity index (χ1v) is 8.97. The third-order valence-electron chi connectivity index (χ3n) is 4.03. The number of ether oxygens (including phenoxy) is 3. The average molecular weight is 396 g/mol. The van der Waals surface area contributed by atoms with Crippen LogP contribution >= 0.6 is 11.6 Å². The van der Waals surface area contributed by atoms with Gasteiger partial charge in [0.2, 0.25) is 5.88 Å². The van der Waals surface area contributed by atoms with Crippen LogP contribution in [0.25, 0.3) is 0 Å². The van der Waals surface area contributed by atoms with Crippen molar-refractivity contribution in [1.29, 1.82) is 0 Å². The van der Waals surface area contributed by atoms with E-state index in [9.17, 15) is 9.59 Å². The molecule has 1 unspecified atom stereocenters.